The maximum Gasteiger partial charge on any atom is 0.229 e. The van der Waals surface area contributed by atoms with E-state index in [1.807, 2.05) is 34.7 Å². The monoisotopic (exact) mass is 363 g/mol. The highest BCUT2D eigenvalue weighted by Crippen LogP contribution is 2.30. The summed E-state index contributed by atoms with van der Waals surface area (Å²) < 4.78 is 5.76. The van der Waals surface area contributed by atoms with Gasteiger partial charge in [-0.15, -0.1) is 11.3 Å². The van der Waals surface area contributed by atoms with Crippen molar-refractivity contribution in [1.29, 1.82) is 0 Å². The number of piperazine rings is 1. The number of nitrogens with zero attached hydrogens (tertiary/aromatic N) is 3. The molecule has 1 aromatic heterocycles. The lowest BCUT2D eigenvalue weighted by Gasteiger charge is -2.37. The van der Waals surface area contributed by atoms with Gasteiger partial charge in [-0.3, -0.25) is 4.79 Å². The Morgan fingerprint density at radius 3 is 2.88 bits per heavy atom. The number of hydrogen-bond donors (Lipinski definition) is 0. The van der Waals surface area contributed by atoms with Gasteiger partial charge < -0.3 is 14.5 Å². The zero-order valence-corrected chi connectivity index (χ0v) is 14.7. The summed E-state index contributed by atoms with van der Waals surface area (Å²) in [7, 11) is 0. The number of hydrogen-bond acceptors (Lipinski definition) is 5. The molecule has 0 spiro atoms. The highest BCUT2D eigenvalue weighted by Gasteiger charge is 2.31. The lowest BCUT2D eigenvalue weighted by atomic mass is 9.95. The number of carbonyl (C=O) groups excluding carboxylic acids is 1. The molecule has 24 heavy (non-hydrogen) atoms. The summed E-state index contributed by atoms with van der Waals surface area (Å²) in [6.45, 7) is 3.57. The number of fused-ring (bicyclic) bond motifs is 1. The van der Waals surface area contributed by atoms with Crippen LogP contribution in [0.1, 0.15) is 5.56 Å². The minimum absolute atomic E-state index is 0.123. The predicted octanol–water partition coefficient (Wildman–Crippen LogP) is 2.70. The second kappa shape index (κ2) is 6.61. The molecule has 0 bridgehead atoms. The van der Waals surface area contributed by atoms with E-state index in [0.29, 0.717) is 18.1 Å². The van der Waals surface area contributed by atoms with Crippen LogP contribution in [-0.4, -0.2) is 48.6 Å². The summed E-state index contributed by atoms with van der Waals surface area (Å²) in [5, 5.41) is 3.70. The number of thiazole rings is 1. The van der Waals surface area contributed by atoms with Gasteiger partial charge in [0.2, 0.25) is 5.91 Å². The first-order valence-electron chi connectivity index (χ1n) is 8.05. The Balaban J connectivity index is 1.39. The molecule has 0 N–H and O–H groups in total. The van der Waals surface area contributed by atoms with Crippen LogP contribution in [0.15, 0.2) is 29.8 Å². The van der Waals surface area contributed by atoms with Crippen molar-refractivity contribution >= 4 is 34.0 Å². The first-order chi connectivity index (χ1) is 11.7. The van der Waals surface area contributed by atoms with E-state index >= 15 is 0 Å². The van der Waals surface area contributed by atoms with Crippen LogP contribution in [0, 0.1) is 5.92 Å². The number of rotatable bonds is 2. The predicted molar refractivity (Wildman–Crippen MR) is 95.0 cm³/mol. The molecule has 1 atom stereocenters. The number of aromatic nitrogens is 1. The minimum Gasteiger partial charge on any atom is -0.492 e. The standard InChI is InChI=1S/C17H18ClN3O2S/c18-14-1-2-15-12(10-14)9-13(11-23-15)16(22)20-4-6-21(7-5-20)17-19-3-8-24-17/h1-3,8,10,13H,4-7,9,11H2/t13-/m1/s1. The van der Waals surface area contributed by atoms with E-state index in [0.717, 1.165) is 42.6 Å². The maximum atomic E-state index is 12.8. The third-order valence-electron chi connectivity index (χ3n) is 4.56. The largest absolute Gasteiger partial charge is 0.492 e. The Hall–Kier alpha value is -1.79. The minimum atomic E-state index is -0.123. The molecule has 0 radical (unpaired) electrons. The quantitative estimate of drug-likeness (QED) is 0.823. The van der Waals surface area contributed by atoms with Crippen LogP contribution in [0.3, 0.4) is 0 Å². The van der Waals surface area contributed by atoms with E-state index in [4.69, 9.17) is 16.3 Å². The molecule has 126 valence electrons. The smallest absolute Gasteiger partial charge is 0.229 e. The van der Waals surface area contributed by atoms with Crippen molar-refractivity contribution in [3.63, 3.8) is 0 Å². The van der Waals surface area contributed by atoms with Gasteiger partial charge in [0.1, 0.15) is 12.4 Å². The molecule has 1 fully saturated rings. The first-order valence-corrected chi connectivity index (χ1v) is 9.31. The second-order valence-electron chi connectivity index (χ2n) is 6.09. The van der Waals surface area contributed by atoms with Gasteiger partial charge in [-0.05, 0) is 30.2 Å². The van der Waals surface area contributed by atoms with Crippen molar-refractivity contribution in [3.8, 4) is 5.75 Å². The molecule has 2 aliphatic rings. The summed E-state index contributed by atoms with van der Waals surface area (Å²) in [4.78, 5) is 21.4. The highest BCUT2D eigenvalue weighted by molar-refractivity contribution is 7.13. The van der Waals surface area contributed by atoms with Crippen LogP contribution in [0.2, 0.25) is 5.02 Å². The van der Waals surface area contributed by atoms with Crippen LogP contribution >= 0.6 is 22.9 Å². The molecule has 0 aliphatic carbocycles. The van der Waals surface area contributed by atoms with Gasteiger partial charge in [-0.1, -0.05) is 11.6 Å². The van der Waals surface area contributed by atoms with Crippen LogP contribution in [0.4, 0.5) is 5.13 Å². The highest BCUT2D eigenvalue weighted by atomic mass is 35.5. The normalized spacial score (nSPS) is 20.5. The Morgan fingerprint density at radius 2 is 2.12 bits per heavy atom. The number of benzene rings is 1. The summed E-state index contributed by atoms with van der Waals surface area (Å²) in [5.74, 6) is 0.902. The fourth-order valence-corrected chi connectivity index (χ4v) is 4.16. The molecular weight excluding hydrogens is 346 g/mol. The van der Waals surface area contributed by atoms with Crippen molar-refractivity contribution in [2.24, 2.45) is 5.92 Å². The Bertz CT molecular complexity index is 729. The molecule has 0 saturated carbocycles. The molecule has 2 aliphatic heterocycles. The van der Waals surface area contributed by atoms with E-state index in [1.54, 1.807) is 11.3 Å². The summed E-state index contributed by atoms with van der Waals surface area (Å²) in [6, 6.07) is 5.60. The van der Waals surface area contributed by atoms with Crippen molar-refractivity contribution in [3.05, 3.63) is 40.4 Å². The van der Waals surface area contributed by atoms with Gasteiger partial charge in [0.15, 0.2) is 5.13 Å². The summed E-state index contributed by atoms with van der Waals surface area (Å²) in [6.07, 6.45) is 2.51. The van der Waals surface area contributed by atoms with Crippen molar-refractivity contribution in [2.45, 2.75) is 6.42 Å². The molecule has 3 heterocycles. The second-order valence-corrected chi connectivity index (χ2v) is 7.40. The van der Waals surface area contributed by atoms with Crippen molar-refractivity contribution in [2.75, 3.05) is 37.7 Å². The average Bonchev–Trinajstić information content (AvgIpc) is 3.15. The van der Waals surface area contributed by atoms with Crippen molar-refractivity contribution in [1.82, 2.24) is 9.88 Å². The van der Waals surface area contributed by atoms with Gasteiger partial charge in [-0.25, -0.2) is 4.98 Å². The number of halogens is 1. The number of carbonyl (C=O) groups is 1. The Morgan fingerprint density at radius 1 is 1.29 bits per heavy atom. The van der Waals surface area contributed by atoms with Gasteiger partial charge in [0.25, 0.3) is 0 Å². The third kappa shape index (κ3) is 3.08. The third-order valence-corrected chi connectivity index (χ3v) is 5.63. The average molecular weight is 364 g/mol. The Kier molecular flexibility index (Phi) is 4.33. The van der Waals surface area contributed by atoms with E-state index in [9.17, 15) is 4.79 Å². The molecule has 5 nitrogen and oxygen atoms in total. The van der Waals surface area contributed by atoms with Gasteiger partial charge in [0.05, 0.1) is 5.92 Å². The topological polar surface area (TPSA) is 45.7 Å². The molecule has 7 heteroatoms. The number of anilines is 1. The molecule has 1 aromatic carbocycles. The lowest BCUT2D eigenvalue weighted by Crippen LogP contribution is -2.51. The van der Waals surface area contributed by atoms with Crippen LogP contribution in [0.25, 0.3) is 0 Å². The molecule has 0 unspecified atom stereocenters. The summed E-state index contributed by atoms with van der Waals surface area (Å²) in [5.41, 5.74) is 1.02. The van der Waals surface area contributed by atoms with Gasteiger partial charge in [-0.2, -0.15) is 0 Å². The van der Waals surface area contributed by atoms with Gasteiger partial charge >= 0.3 is 0 Å². The molecular formula is C17H18ClN3O2S. The van der Waals surface area contributed by atoms with E-state index < -0.39 is 0 Å². The molecule has 4 rings (SSSR count). The van der Waals surface area contributed by atoms with Crippen molar-refractivity contribution < 1.29 is 9.53 Å². The Labute approximate surface area is 149 Å². The molecule has 1 saturated heterocycles. The first kappa shape index (κ1) is 15.7. The summed E-state index contributed by atoms with van der Waals surface area (Å²) >= 11 is 7.70. The fraction of sp³-hybridized carbons (Fsp3) is 0.412. The van der Waals surface area contributed by atoms with Crippen LogP contribution < -0.4 is 9.64 Å². The zero-order chi connectivity index (χ0) is 16.5. The van der Waals surface area contributed by atoms with E-state index in [2.05, 4.69) is 9.88 Å². The van der Waals surface area contributed by atoms with Crippen LogP contribution in [0.5, 0.6) is 5.75 Å². The zero-order valence-electron chi connectivity index (χ0n) is 13.2. The van der Waals surface area contributed by atoms with E-state index in [1.165, 1.54) is 0 Å². The van der Waals surface area contributed by atoms with Gasteiger partial charge in [0, 0.05) is 42.8 Å². The molecule has 1 amide bonds. The lowest BCUT2D eigenvalue weighted by molar-refractivity contribution is -0.137. The SMILES string of the molecule is O=C([C@H]1COc2ccc(Cl)cc2C1)N1CCN(c2nccs2)CC1. The number of amides is 1. The molecule has 2 aromatic rings. The maximum absolute atomic E-state index is 12.8. The van der Waals surface area contributed by atoms with E-state index in [-0.39, 0.29) is 11.8 Å². The number of ether oxygens (including phenoxy) is 1. The van der Waals surface area contributed by atoms with Crippen LogP contribution in [-0.2, 0) is 11.2 Å². The fourth-order valence-electron chi connectivity index (χ4n) is 3.27.